The number of nitrogens with zero attached hydrogens (tertiary/aromatic N) is 3. The summed E-state index contributed by atoms with van der Waals surface area (Å²) >= 11 is 0. The minimum Gasteiger partial charge on any atom is -0.368 e. The maximum absolute atomic E-state index is 12.2. The summed E-state index contributed by atoms with van der Waals surface area (Å²) in [5.74, 6) is -0.298. The van der Waals surface area contributed by atoms with E-state index in [-0.39, 0.29) is 5.91 Å². The highest BCUT2D eigenvalue weighted by Crippen LogP contribution is 2.23. The van der Waals surface area contributed by atoms with Crippen LogP contribution in [0.3, 0.4) is 0 Å². The van der Waals surface area contributed by atoms with Crippen LogP contribution in [0, 0.1) is 0 Å². The van der Waals surface area contributed by atoms with Crippen LogP contribution in [0.25, 0.3) is 17.1 Å². The van der Waals surface area contributed by atoms with E-state index in [4.69, 9.17) is 5.73 Å². The van der Waals surface area contributed by atoms with Crippen molar-refractivity contribution in [1.82, 2.24) is 20.2 Å². The number of rotatable bonds is 2. The van der Waals surface area contributed by atoms with Crippen LogP contribution in [0.4, 0.5) is 0 Å². The van der Waals surface area contributed by atoms with E-state index in [9.17, 15) is 9.59 Å². The zero-order valence-corrected chi connectivity index (χ0v) is 12.8. The molecule has 0 aromatic carbocycles. The largest absolute Gasteiger partial charge is 0.368 e. The van der Waals surface area contributed by atoms with Gasteiger partial charge in [-0.05, 0) is 31.1 Å². The molecule has 0 radical (unpaired) electrons. The number of likely N-dealkylation sites (tertiary alicyclic amines) is 1. The number of pyridine rings is 1. The molecule has 2 aromatic heterocycles. The molecule has 4 N–H and O–H groups in total. The van der Waals surface area contributed by atoms with Gasteiger partial charge in [-0.1, -0.05) is 0 Å². The van der Waals surface area contributed by atoms with Gasteiger partial charge in [0, 0.05) is 29.9 Å². The fraction of sp³-hybridized carbons (Fsp3) is 0.250. The lowest BCUT2D eigenvalue weighted by molar-refractivity contribution is -0.121. The third-order valence-electron chi connectivity index (χ3n) is 4.31. The quantitative estimate of drug-likeness (QED) is 0.691. The predicted octanol–water partition coefficient (Wildman–Crippen LogP) is 0.339. The first kappa shape index (κ1) is 14.4. The summed E-state index contributed by atoms with van der Waals surface area (Å²) in [4.78, 5) is 37.1. The number of nitrogens with two attached hydrogens (primary N) is 1. The maximum Gasteiger partial charge on any atom is 0.276 e. The molecule has 2 aromatic rings. The zero-order valence-electron chi connectivity index (χ0n) is 12.8. The summed E-state index contributed by atoms with van der Waals surface area (Å²) in [5.41, 5.74) is 7.30. The topological polar surface area (TPSA) is 116 Å². The van der Waals surface area contributed by atoms with Gasteiger partial charge in [-0.25, -0.2) is 9.98 Å². The van der Waals surface area contributed by atoms with Crippen LogP contribution < -0.4 is 11.1 Å². The van der Waals surface area contributed by atoms with Crippen molar-refractivity contribution in [2.75, 3.05) is 6.54 Å². The van der Waals surface area contributed by atoms with Crippen LogP contribution >= 0.6 is 0 Å². The number of H-pyrrole nitrogens is 1. The second-order valence-electron chi connectivity index (χ2n) is 5.82. The van der Waals surface area contributed by atoms with Gasteiger partial charge in [-0.3, -0.25) is 14.9 Å². The highest BCUT2D eigenvalue weighted by atomic mass is 16.2. The summed E-state index contributed by atoms with van der Waals surface area (Å²) in [6.45, 7) is 0.650. The lowest BCUT2D eigenvalue weighted by Crippen LogP contribution is -2.48. The molecule has 0 aliphatic carbocycles. The van der Waals surface area contributed by atoms with Gasteiger partial charge in [0.1, 0.15) is 17.4 Å². The lowest BCUT2D eigenvalue weighted by Gasteiger charge is -2.22. The normalized spacial score (nSPS) is 22.2. The summed E-state index contributed by atoms with van der Waals surface area (Å²) in [5, 5.41) is 3.64. The minimum absolute atomic E-state index is 0.293. The van der Waals surface area contributed by atoms with Gasteiger partial charge in [0.2, 0.25) is 11.9 Å². The number of fused-ring (bicyclic) bond motifs is 1. The van der Waals surface area contributed by atoms with Crippen molar-refractivity contribution < 1.29 is 9.59 Å². The van der Waals surface area contributed by atoms with Crippen LogP contribution in [-0.4, -0.2) is 45.2 Å². The molecular formula is C16H16N6O2. The molecule has 4 rings (SSSR count). The third-order valence-corrected chi connectivity index (χ3v) is 4.31. The molecular weight excluding hydrogens is 308 g/mol. The zero-order chi connectivity index (χ0) is 16.7. The molecule has 0 bridgehead atoms. The summed E-state index contributed by atoms with van der Waals surface area (Å²) in [6.07, 6.45) is 6.71. The standard InChI is InChI=1S/C16H16N6O2/c17-13(23)12-4-2-6-22(12)16-20-11(15(24)21-16)7-9-8-19-14-10(9)3-1-5-18-14/h1,3,5,7-8,12H,2,4,6H2,(H2,17,23)(H,18,19)(H,20,21,24)/b11-7+. The van der Waals surface area contributed by atoms with Crippen LogP contribution in [-0.2, 0) is 9.59 Å². The van der Waals surface area contributed by atoms with E-state index in [1.807, 2.05) is 12.1 Å². The molecule has 4 heterocycles. The van der Waals surface area contributed by atoms with E-state index >= 15 is 0 Å². The fourth-order valence-corrected chi connectivity index (χ4v) is 3.15. The molecule has 8 heteroatoms. The minimum atomic E-state index is -0.416. The average Bonchev–Trinajstić information content (AvgIpc) is 3.27. The lowest BCUT2D eigenvalue weighted by atomic mass is 10.2. The SMILES string of the molecule is NC(=O)C1CCCN1C1=N/C(=C/c2c[nH]c3ncccc23)C(=O)N1. The van der Waals surface area contributed by atoms with Gasteiger partial charge in [0.05, 0.1) is 0 Å². The molecule has 1 fully saturated rings. The number of carbonyl (C=O) groups excluding carboxylic acids is 2. The molecule has 0 spiro atoms. The van der Waals surface area contributed by atoms with Crippen molar-refractivity contribution in [3.63, 3.8) is 0 Å². The van der Waals surface area contributed by atoms with Gasteiger partial charge >= 0.3 is 0 Å². The van der Waals surface area contributed by atoms with Gasteiger partial charge in [0.15, 0.2) is 0 Å². The monoisotopic (exact) mass is 324 g/mol. The van der Waals surface area contributed by atoms with E-state index < -0.39 is 11.9 Å². The van der Waals surface area contributed by atoms with Crippen molar-refractivity contribution in [3.8, 4) is 0 Å². The Hall–Kier alpha value is -3.16. The van der Waals surface area contributed by atoms with Crippen molar-refractivity contribution in [2.45, 2.75) is 18.9 Å². The number of hydrogen-bond acceptors (Lipinski definition) is 5. The Kier molecular flexibility index (Phi) is 3.30. The smallest absolute Gasteiger partial charge is 0.276 e. The molecule has 2 aliphatic rings. The van der Waals surface area contributed by atoms with Crippen LogP contribution in [0.5, 0.6) is 0 Å². The summed E-state index contributed by atoms with van der Waals surface area (Å²) in [6, 6.07) is 3.34. The van der Waals surface area contributed by atoms with Crippen molar-refractivity contribution in [3.05, 3.63) is 35.8 Å². The van der Waals surface area contributed by atoms with E-state index in [2.05, 4.69) is 20.3 Å². The molecule has 0 saturated carbocycles. The van der Waals surface area contributed by atoms with Gasteiger partial charge in [-0.15, -0.1) is 0 Å². The van der Waals surface area contributed by atoms with Crippen molar-refractivity contribution in [2.24, 2.45) is 10.7 Å². The first-order chi connectivity index (χ1) is 11.6. The number of guanidine groups is 1. The number of nitrogens with one attached hydrogen (secondary N) is 2. The third kappa shape index (κ3) is 2.32. The summed E-state index contributed by atoms with van der Waals surface area (Å²) < 4.78 is 0. The summed E-state index contributed by atoms with van der Waals surface area (Å²) in [7, 11) is 0. The first-order valence-corrected chi connectivity index (χ1v) is 7.73. The van der Waals surface area contributed by atoms with E-state index in [0.717, 1.165) is 23.0 Å². The number of primary amides is 1. The Morgan fingerprint density at radius 3 is 3.17 bits per heavy atom. The Morgan fingerprint density at radius 2 is 2.33 bits per heavy atom. The molecule has 2 amide bonds. The molecule has 122 valence electrons. The molecule has 8 nitrogen and oxygen atoms in total. The number of aromatic amines is 1. The van der Waals surface area contributed by atoms with Crippen LogP contribution in [0.2, 0.25) is 0 Å². The number of aromatic nitrogens is 2. The number of carbonyl (C=O) groups is 2. The molecule has 1 saturated heterocycles. The van der Waals surface area contributed by atoms with Gasteiger partial charge in [0.25, 0.3) is 5.91 Å². The highest BCUT2D eigenvalue weighted by molar-refractivity contribution is 6.14. The fourth-order valence-electron chi connectivity index (χ4n) is 3.15. The van der Waals surface area contributed by atoms with E-state index in [1.165, 1.54) is 0 Å². The Morgan fingerprint density at radius 1 is 1.46 bits per heavy atom. The van der Waals surface area contributed by atoms with E-state index in [0.29, 0.717) is 24.6 Å². The second-order valence-corrected chi connectivity index (χ2v) is 5.82. The first-order valence-electron chi connectivity index (χ1n) is 7.73. The van der Waals surface area contributed by atoms with Gasteiger partial charge < -0.3 is 15.6 Å². The second kappa shape index (κ2) is 5.48. The molecule has 1 unspecified atom stereocenters. The van der Waals surface area contributed by atoms with Crippen molar-refractivity contribution >= 4 is 34.9 Å². The van der Waals surface area contributed by atoms with E-state index in [1.54, 1.807) is 23.4 Å². The molecule has 24 heavy (non-hydrogen) atoms. The molecule has 1 atom stereocenters. The number of hydrogen-bond donors (Lipinski definition) is 3. The Bertz CT molecular complexity index is 897. The van der Waals surface area contributed by atoms with Crippen LogP contribution in [0.1, 0.15) is 18.4 Å². The highest BCUT2D eigenvalue weighted by Gasteiger charge is 2.35. The van der Waals surface area contributed by atoms with Crippen molar-refractivity contribution in [1.29, 1.82) is 0 Å². The van der Waals surface area contributed by atoms with Gasteiger partial charge in [-0.2, -0.15) is 0 Å². The Labute approximate surface area is 137 Å². The Balaban J connectivity index is 1.67. The number of amides is 2. The maximum atomic E-state index is 12.2. The van der Waals surface area contributed by atoms with Crippen LogP contribution in [0.15, 0.2) is 35.2 Å². The molecule has 2 aliphatic heterocycles. The number of aliphatic imine (C=N–C) groups is 1. The predicted molar refractivity (Wildman–Crippen MR) is 88.6 cm³/mol. The average molecular weight is 324 g/mol.